The van der Waals surface area contributed by atoms with E-state index in [0.29, 0.717) is 11.8 Å². The molecule has 0 fully saturated rings. The zero-order chi connectivity index (χ0) is 16.6. The molecule has 0 aliphatic heterocycles. The largest absolute Gasteiger partial charge is 0.508 e. The summed E-state index contributed by atoms with van der Waals surface area (Å²) in [7, 11) is 0. The third-order valence-electron chi connectivity index (χ3n) is 5.07. The summed E-state index contributed by atoms with van der Waals surface area (Å²) >= 11 is 0. The Balaban J connectivity index is 1.78. The van der Waals surface area contributed by atoms with Crippen LogP contribution in [-0.2, 0) is 12.8 Å². The minimum atomic E-state index is -0.141. The molecule has 0 spiro atoms. The van der Waals surface area contributed by atoms with Gasteiger partial charge in [0.2, 0.25) is 0 Å². The molecular weight excluding hydrogens is 290 g/mol. The number of fused-ring (bicyclic) bond motifs is 1. The summed E-state index contributed by atoms with van der Waals surface area (Å²) in [5, 5.41) is 29.0. The van der Waals surface area contributed by atoms with Gasteiger partial charge in [-0.1, -0.05) is 25.1 Å². The van der Waals surface area contributed by atoms with E-state index in [0.717, 1.165) is 30.4 Å². The zero-order valence-corrected chi connectivity index (χ0v) is 13.2. The molecule has 0 aromatic heterocycles. The van der Waals surface area contributed by atoms with E-state index >= 15 is 0 Å². The van der Waals surface area contributed by atoms with Gasteiger partial charge < -0.3 is 21.1 Å². The van der Waals surface area contributed by atoms with Crippen molar-refractivity contribution in [3.8, 4) is 17.2 Å². The lowest BCUT2D eigenvalue weighted by Crippen LogP contribution is -2.32. The average molecular weight is 313 g/mol. The highest BCUT2D eigenvalue weighted by atomic mass is 16.3. The Labute approximate surface area is 136 Å². The van der Waals surface area contributed by atoms with Crippen LogP contribution in [0.2, 0.25) is 0 Å². The van der Waals surface area contributed by atoms with Crippen LogP contribution in [0.5, 0.6) is 17.2 Å². The Morgan fingerprint density at radius 1 is 1.09 bits per heavy atom. The van der Waals surface area contributed by atoms with Crippen molar-refractivity contribution in [3.05, 3.63) is 53.1 Å². The summed E-state index contributed by atoms with van der Waals surface area (Å²) in [5.41, 5.74) is 9.36. The Kier molecular flexibility index (Phi) is 4.18. The number of hydrogen-bond donors (Lipinski definition) is 4. The first-order valence-electron chi connectivity index (χ1n) is 8.04. The molecule has 1 aliphatic rings. The van der Waals surface area contributed by atoms with Crippen molar-refractivity contribution in [1.29, 1.82) is 0 Å². The number of nitrogens with two attached hydrogens (primary N) is 1. The maximum absolute atomic E-state index is 10.0. The van der Waals surface area contributed by atoms with Crippen LogP contribution in [0.15, 0.2) is 36.4 Å². The summed E-state index contributed by atoms with van der Waals surface area (Å²) in [5.74, 6) is 0.882. The Morgan fingerprint density at radius 2 is 1.78 bits per heavy atom. The Hall–Kier alpha value is -2.20. The van der Waals surface area contributed by atoms with Crippen molar-refractivity contribution in [2.24, 2.45) is 17.6 Å². The SMILES string of the molecule is CC(Cc1ccc(O)cc1)C1CCc2c(ccc(O)c2O)C1N. The van der Waals surface area contributed by atoms with E-state index in [1.165, 1.54) is 11.6 Å². The Morgan fingerprint density at radius 3 is 2.48 bits per heavy atom. The second kappa shape index (κ2) is 6.13. The summed E-state index contributed by atoms with van der Waals surface area (Å²) in [6.07, 6.45) is 2.52. The van der Waals surface area contributed by atoms with Crippen LogP contribution in [0, 0.1) is 11.8 Å². The molecule has 5 N–H and O–H groups in total. The van der Waals surface area contributed by atoms with Gasteiger partial charge in [0.25, 0.3) is 0 Å². The van der Waals surface area contributed by atoms with E-state index in [2.05, 4.69) is 6.92 Å². The molecule has 0 bridgehead atoms. The van der Waals surface area contributed by atoms with Gasteiger partial charge in [-0.05, 0) is 60.4 Å². The molecule has 3 unspecified atom stereocenters. The van der Waals surface area contributed by atoms with E-state index in [9.17, 15) is 15.3 Å². The van der Waals surface area contributed by atoms with Crippen molar-refractivity contribution in [1.82, 2.24) is 0 Å². The molecule has 4 nitrogen and oxygen atoms in total. The second-order valence-electron chi connectivity index (χ2n) is 6.58. The van der Waals surface area contributed by atoms with Gasteiger partial charge >= 0.3 is 0 Å². The van der Waals surface area contributed by atoms with Crippen LogP contribution in [0.25, 0.3) is 0 Å². The van der Waals surface area contributed by atoms with Gasteiger partial charge in [-0.25, -0.2) is 0 Å². The third kappa shape index (κ3) is 2.99. The highest BCUT2D eigenvalue weighted by Crippen LogP contribution is 2.43. The molecule has 0 radical (unpaired) electrons. The van der Waals surface area contributed by atoms with E-state index in [-0.39, 0.29) is 23.3 Å². The molecular formula is C19H23NO3. The van der Waals surface area contributed by atoms with Gasteiger partial charge in [0.15, 0.2) is 11.5 Å². The van der Waals surface area contributed by atoms with Gasteiger partial charge in [0.05, 0.1) is 0 Å². The number of phenols is 3. The molecule has 0 amide bonds. The zero-order valence-electron chi connectivity index (χ0n) is 13.2. The first-order valence-corrected chi connectivity index (χ1v) is 8.04. The maximum Gasteiger partial charge on any atom is 0.161 e. The smallest absolute Gasteiger partial charge is 0.161 e. The molecule has 2 aromatic rings. The van der Waals surface area contributed by atoms with E-state index in [1.54, 1.807) is 12.1 Å². The van der Waals surface area contributed by atoms with Crippen LogP contribution < -0.4 is 5.73 Å². The topological polar surface area (TPSA) is 86.7 Å². The molecule has 2 aromatic carbocycles. The third-order valence-corrected chi connectivity index (χ3v) is 5.07. The van der Waals surface area contributed by atoms with Crippen LogP contribution in [0.3, 0.4) is 0 Å². The van der Waals surface area contributed by atoms with Crippen molar-refractivity contribution < 1.29 is 15.3 Å². The van der Waals surface area contributed by atoms with Crippen LogP contribution in [0.1, 0.15) is 36.1 Å². The number of benzene rings is 2. The molecule has 0 heterocycles. The number of hydrogen-bond acceptors (Lipinski definition) is 4. The summed E-state index contributed by atoms with van der Waals surface area (Å²) in [6, 6.07) is 10.5. The molecule has 23 heavy (non-hydrogen) atoms. The predicted octanol–water partition coefficient (Wildman–Crippen LogP) is 3.24. The molecule has 0 saturated carbocycles. The average Bonchev–Trinajstić information content (AvgIpc) is 2.53. The minimum absolute atomic E-state index is 0.0254. The fourth-order valence-corrected chi connectivity index (χ4v) is 3.73. The van der Waals surface area contributed by atoms with Gasteiger partial charge in [-0.3, -0.25) is 0 Å². The maximum atomic E-state index is 10.0. The summed E-state index contributed by atoms with van der Waals surface area (Å²) in [6.45, 7) is 2.20. The fourth-order valence-electron chi connectivity index (χ4n) is 3.73. The molecule has 3 atom stereocenters. The van der Waals surface area contributed by atoms with Crippen molar-refractivity contribution in [2.45, 2.75) is 32.2 Å². The minimum Gasteiger partial charge on any atom is -0.508 e. The predicted molar refractivity (Wildman–Crippen MR) is 89.5 cm³/mol. The number of phenolic OH excluding ortho intramolecular Hbond substituents is 3. The van der Waals surface area contributed by atoms with Gasteiger partial charge in [0, 0.05) is 11.6 Å². The van der Waals surface area contributed by atoms with E-state index in [1.807, 2.05) is 18.2 Å². The van der Waals surface area contributed by atoms with Gasteiger partial charge in [0.1, 0.15) is 5.75 Å². The lowest BCUT2D eigenvalue weighted by molar-refractivity contribution is 0.263. The van der Waals surface area contributed by atoms with Crippen LogP contribution in [0.4, 0.5) is 0 Å². The molecule has 122 valence electrons. The first kappa shape index (κ1) is 15.7. The standard InChI is InChI=1S/C19H23NO3/c1-11(10-12-2-4-13(21)5-3-12)14-6-7-16-15(18(14)20)8-9-17(22)19(16)23/h2-5,8-9,11,14,18,21-23H,6-7,10,20H2,1H3. The molecule has 4 heteroatoms. The van der Waals surface area contributed by atoms with Crippen LogP contribution >= 0.6 is 0 Å². The van der Waals surface area contributed by atoms with Crippen molar-refractivity contribution >= 4 is 0 Å². The summed E-state index contributed by atoms with van der Waals surface area (Å²) < 4.78 is 0. The van der Waals surface area contributed by atoms with Crippen LogP contribution in [-0.4, -0.2) is 15.3 Å². The second-order valence-corrected chi connectivity index (χ2v) is 6.58. The number of aromatic hydroxyl groups is 3. The molecule has 1 aliphatic carbocycles. The summed E-state index contributed by atoms with van der Waals surface area (Å²) in [4.78, 5) is 0. The lowest BCUT2D eigenvalue weighted by atomic mass is 9.72. The molecule has 0 saturated heterocycles. The first-order chi connectivity index (χ1) is 11.0. The van der Waals surface area contributed by atoms with E-state index in [4.69, 9.17) is 5.73 Å². The lowest BCUT2D eigenvalue weighted by Gasteiger charge is -2.35. The van der Waals surface area contributed by atoms with Gasteiger partial charge in [-0.15, -0.1) is 0 Å². The van der Waals surface area contributed by atoms with Gasteiger partial charge in [-0.2, -0.15) is 0 Å². The normalized spacial score (nSPS) is 21.7. The quantitative estimate of drug-likeness (QED) is 0.655. The monoisotopic (exact) mass is 313 g/mol. The molecule has 3 rings (SSSR count). The van der Waals surface area contributed by atoms with Crippen molar-refractivity contribution in [3.63, 3.8) is 0 Å². The number of rotatable bonds is 3. The highest BCUT2D eigenvalue weighted by molar-refractivity contribution is 5.51. The highest BCUT2D eigenvalue weighted by Gasteiger charge is 2.32. The fraction of sp³-hybridized carbons (Fsp3) is 0.368. The van der Waals surface area contributed by atoms with E-state index < -0.39 is 0 Å². The van der Waals surface area contributed by atoms with Crippen molar-refractivity contribution in [2.75, 3.05) is 0 Å². The Bertz CT molecular complexity index is 697.